The van der Waals surface area contributed by atoms with Gasteiger partial charge in [0.05, 0.1) is 0 Å². The second kappa shape index (κ2) is 6.16. The van der Waals surface area contributed by atoms with Crippen LogP contribution in [-0.4, -0.2) is 35.9 Å². The molecule has 1 unspecified atom stereocenters. The van der Waals surface area contributed by atoms with Crippen molar-refractivity contribution < 1.29 is 14.3 Å². The Kier molecular flexibility index (Phi) is 4.25. The average molecular weight is 323 g/mol. The van der Waals surface area contributed by atoms with Crippen LogP contribution in [0.5, 0.6) is 5.75 Å². The van der Waals surface area contributed by atoms with Crippen LogP contribution in [0, 0.1) is 5.92 Å². The molecule has 118 valence electrons. The molecular formula is C16H19ClN2O3. The average Bonchev–Trinajstić information content (AvgIpc) is 2.89. The molecule has 1 aromatic carbocycles. The van der Waals surface area contributed by atoms with Crippen molar-refractivity contribution in [2.75, 3.05) is 13.1 Å². The molecule has 2 N–H and O–H groups in total. The highest BCUT2D eigenvalue weighted by molar-refractivity contribution is 6.30. The van der Waals surface area contributed by atoms with Crippen LogP contribution < -0.4 is 10.5 Å². The van der Waals surface area contributed by atoms with Crippen molar-refractivity contribution in [1.82, 2.24) is 4.90 Å². The number of piperidine rings is 1. The van der Waals surface area contributed by atoms with E-state index in [-0.39, 0.29) is 11.8 Å². The fraction of sp³-hybridized carbons (Fsp3) is 0.500. The minimum absolute atomic E-state index is 0.0184. The van der Waals surface area contributed by atoms with Crippen molar-refractivity contribution in [2.24, 2.45) is 11.7 Å². The molecule has 0 saturated carbocycles. The SMILES string of the molecule is NC(=O)CC1CCN(C(=O)C2Cc3cc(Cl)ccc3O2)CC1. The highest BCUT2D eigenvalue weighted by Gasteiger charge is 2.34. The second-order valence-electron chi connectivity index (χ2n) is 6.00. The van der Waals surface area contributed by atoms with E-state index in [1.54, 1.807) is 6.07 Å². The summed E-state index contributed by atoms with van der Waals surface area (Å²) in [5.41, 5.74) is 6.21. The van der Waals surface area contributed by atoms with Gasteiger partial charge in [0.1, 0.15) is 5.75 Å². The lowest BCUT2D eigenvalue weighted by Crippen LogP contribution is -2.45. The highest BCUT2D eigenvalue weighted by Crippen LogP contribution is 2.32. The first-order chi connectivity index (χ1) is 10.5. The number of ether oxygens (including phenoxy) is 1. The van der Waals surface area contributed by atoms with E-state index in [2.05, 4.69) is 0 Å². The molecule has 1 atom stereocenters. The van der Waals surface area contributed by atoms with Crippen molar-refractivity contribution in [1.29, 1.82) is 0 Å². The third-order valence-electron chi connectivity index (χ3n) is 4.39. The van der Waals surface area contributed by atoms with Gasteiger partial charge in [0, 0.05) is 31.0 Å². The maximum atomic E-state index is 12.6. The number of nitrogens with zero attached hydrogens (tertiary/aromatic N) is 1. The summed E-state index contributed by atoms with van der Waals surface area (Å²) in [6.45, 7) is 1.32. The van der Waals surface area contributed by atoms with Crippen molar-refractivity contribution in [3.05, 3.63) is 28.8 Å². The third-order valence-corrected chi connectivity index (χ3v) is 4.62. The molecule has 3 rings (SSSR count). The molecule has 6 heteroatoms. The number of halogens is 1. The van der Waals surface area contributed by atoms with E-state index < -0.39 is 6.10 Å². The number of hydrogen-bond donors (Lipinski definition) is 1. The zero-order valence-corrected chi connectivity index (χ0v) is 13.0. The van der Waals surface area contributed by atoms with E-state index in [1.165, 1.54) is 0 Å². The lowest BCUT2D eigenvalue weighted by atomic mass is 9.93. The Morgan fingerprint density at radius 3 is 2.73 bits per heavy atom. The zero-order chi connectivity index (χ0) is 15.7. The molecular weight excluding hydrogens is 304 g/mol. The predicted octanol–water partition coefficient (Wildman–Crippen LogP) is 1.76. The maximum Gasteiger partial charge on any atom is 0.263 e. The number of primary amides is 1. The largest absolute Gasteiger partial charge is 0.480 e. The first kappa shape index (κ1) is 15.2. The summed E-state index contributed by atoms with van der Waals surface area (Å²) < 4.78 is 5.74. The van der Waals surface area contributed by atoms with Gasteiger partial charge in [0.15, 0.2) is 6.10 Å². The van der Waals surface area contributed by atoms with Crippen LogP contribution in [0.2, 0.25) is 5.02 Å². The van der Waals surface area contributed by atoms with Crippen LogP contribution in [0.25, 0.3) is 0 Å². The third kappa shape index (κ3) is 3.19. The molecule has 22 heavy (non-hydrogen) atoms. The second-order valence-corrected chi connectivity index (χ2v) is 6.44. The summed E-state index contributed by atoms with van der Waals surface area (Å²) in [6, 6.07) is 5.43. The van der Waals surface area contributed by atoms with Gasteiger partial charge >= 0.3 is 0 Å². The number of benzene rings is 1. The van der Waals surface area contributed by atoms with Crippen LogP contribution in [0.4, 0.5) is 0 Å². The van der Waals surface area contributed by atoms with E-state index in [9.17, 15) is 9.59 Å². The van der Waals surface area contributed by atoms with Gasteiger partial charge in [0.25, 0.3) is 5.91 Å². The molecule has 2 aliphatic heterocycles. The summed E-state index contributed by atoms with van der Waals surface area (Å²) in [5.74, 6) is 0.787. The number of amides is 2. The molecule has 2 heterocycles. The highest BCUT2D eigenvalue weighted by atomic mass is 35.5. The van der Waals surface area contributed by atoms with Gasteiger partial charge in [-0.2, -0.15) is 0 Å². The van der Waals surface area contributed by atoms with Gasteiger partial charge in [0.2, 0.25) is 5.91 Å². The molecule has 0 bridgehead atoms. The van der Waals surface area contributed by atoms with Crippen LogP contribution in [0.3, 0.4) is 0 Å². The summed E-state index contributed by atoms with van der Waals surface area (Å²) in [4.78, 5) is 25.3. The van der Waals surface area contributed by atoms with E-state index in [0.29, 0.717) is 36.9 Å². The minimum atomic E-state index is -0.457. The molecule has 2 amide bonds. The first-order valence-electron chi connectivity index (χ1n) is 7.55. The number of carbonyl (C=O) groups is 2. The number of likely N-dealkylation sites (tertiary alicyclic amines) is 1. The molecule has 1 aromatic rings. The Balaban J connectivity index is 1.57. The van der Waals surface area contributed by atoms with Gasteiger partial charge in [-0.15, -0.1) is 0 Å². The summed E-state index contributed by atoms with van der Waals surface area (Å²) in [7, 11) is 0. The smallest absolute Gasteiger partial charge is 0.263 e. The zero-order valence-electron chi connectivity index (χ0n) is 12.3. The molecule has 1 saturated heterocycles. The maximum absolute atomic E-state index is 12.6. The fourth-order valence-electron chi connectivity index (χ4n) is 3.20. The van der Waals surface area contributed by atoms with Gasteiger partial charge in [-0.25, -0.2) is 0 Å². The monoisotopic (exact) mass is 322 g/mol. The quantitative estimate of drug-likeness (QED) is 0.921. The molecule has 0 aliphatic carbocycles. The van der Waals surface area contributed by atoms with Crippen molar-refractivity contribution in [2.45, 2.75) is 31.8 Å². The molecule has 0 spiro atoms. The molecule has 2 aliphatic rings. The van der Waals surface area contributed by atoms with Crippen LogP contribution in [-0.2, 0) is 16.0 Å². The topological polar surface area (TPSA) is 72.6 Å². The van der Waals surface area contributed by atoms with E-state index in [0.717, 1.165) is 24.2 Å². The van der Waals surface area contributed by atoms with Gasteiger partial charge < -0.3 is 15.4 Å². The normalized spacial score (nSPS) is 21.3. The predicted molar refractivity (Wildman–Crippen MR) is 82.7 cm³/mol. The number of rotatable bonds is 3. The summed E-state index contributed by atoms with van der Waals surface area (Å²) >= 11 is 5.97. The first-order valence-corrected chi connectivity index (χ1v) is 7.93. The minimum Gasteiger partial charge on any atom is -0.480 e. The Hall–Kier alpha value is -1.75. The number of carbonyl (C=O) groups excluding carboxylic acids is 2. The van der Waals surface area contributed by atoms with E-state index in [1.807, 2.05) is 17.0 Å². The van der Waals surface area contributed by atoms with Crippen molar-refractivity contribution in [3.8, 4) is 5.75 Å². The van der Waals surface area contributed by atoms with E-state index >= 15 is 0 Å². The summed E-state index contributed by atoms with van der Waals surface area (Å²) in [5, 5.41) is 0.655. The fourth-order valence-corrected chi connectivity index (χ4v) is 3.40. The molecule has 1 fully saturated rings. The Labute approximate surface area is 134 Å². The van der Waals surface area contributed by atoms with Crippen LogP contribution >= 0.6 is 11.6 Å². The summed E-state index contributed by atoms with van der Waals surface area (Å²) in [6.07, 6.45) is 2.16. The van der Waals surface area contributed by atoms with Crippen molar-refractivity contribution in [3.63, 3.8) is 0 Å². The van der Waals surface area contributed by atoms with Crippen LogP contribution in [0.15, 0.2) is 18.2 Å². The van der Waals surface area contributed by atoms with Gasteiger partial charge in [-0.3, -0.25) is 9.59 Å². The Morgan fingerprint density at radius 1 is 1.32 bits per heavy atom. The standard InChI is InChI=1S/C16H19ClN2O3/c17-12-1-2-13-11(8-12)9-14(22-13)16(21)19-5-3-10(4-6-19)7-15(18)20/h1-2,8,10,14H,3-7,9H2,(H2,18,20). The number of hydrogen-bond acceptors (Lipinski definition) is 3. The molecule has 0 radical (unpaired) electrons. The van der Waals surface area contributed by atoms with E-state index in [4.69, 9.17) is 22.1 Å². The van der Waals surface area contributed by atoms with Gasteiger partial charge in [-0.05, 0) is 42.5 Å². The van der Waals surface area contributed by atoms with Gasteiger partial charge in [-0.1, -0.05) is 11.6 Å². The van der Waals surface area contributed by atoms with Crippen molar-refractivity contribution >= 4 is 23.4 Å². The molecule has 5 nitrogen and oxygen atoms in total. The van der Waals surface area contributed by atoms with Crippen LogP contribution in [0.1, 0.15) is 24.8 Å². The Morgan fingerprint density at radius 2 is 2.05 bits per heavy atom. The lowest BCUT2D eigenvalue weighted by molar-refractivity contribution is -0.139. The number of fused-ring (bicyclic) bond motifs is 1. The lowest BCUT2D eigenvalue weighted by Gasteiger charge is -2.32. The molecule has 0 aromatic heterocycles. The number of nitrogens with two attached hydrogens (primary N) is 1. The Bertz CT molecular complexity index is 597.